The van der Waals surface area contributed by atoms with Gasteiger partial charge in [0.15, 0.2) is 0 Å². The SMILES string of the molecule is CCCOCCCNc1cccnc1N. The van der Waals surface area contributed by atoms with Gasteiger partial charge in [0.1, 0.15) is 5.82 Å². The topological polar surface area (TPSA) is 60.2 Å². The van der Waals surface area contributed by atoms with Gasteiger partial charge in [-0.2, -0.15) is 0 Å². The van der Waals surface area contributed by atoms with Crippen LogP contribution in [0.3, 0.4) is 0 Å². The van der Waals surface area contributed by atoms with Crippen molar-refractivity contribution in [3.8, 4) is 0 Å². The lowest BCUT2D eigenvalue weighted by atomic mass is 10.3. The molecule has 4 nitrogen and oxygen atoms in total. The lowest BCUT2D eigenvalue weighted by Crippen LogP contribution is -2.08. The molecule has 0 amide bonds. The summed E-state index contributed by atoms with van der Waals surface area (Å²) in [7, 11) is 0. The van der Waals surface area contributed by atoms with Crippen LogP contribution in [-0.2, 0) is 4.74 Å². The van der Waals surface area contributed by atoms with E-state index in [2.05, 4.69) is 17.2 Å². The molecule has 0 spiro atoms. The number of aromatic nitrogens is 1. The molecule has 0 bridgehead atoms. The van der Waals surface area contributed by atoms with Crippen LogP contribution in [0.2, 0.25) is 0 Å². The molecule has 0 aromatic carbocycles. The van der Waals surface area contributed by atoms with E-state index in [1.807, 2.05) is 12.1 Å². The maximum absolute atomic E-state index is 5.68. The number of ether oxygens (including phenoxy) is 1. The standard InChI is InChI=1S/C11H19N3O/c1-2-8-15-9-4-7-13-10-5-3-6-14-11(10)12/h3,5-6,13H,2,4,7-9H2,1H3,(H2,12,14). The highest BCUT2D eigenvalue weighted by atomic mass is 16.5. The average molecular weight is 209 g/mol. The third-order valence-corrected chi connectivity index (χ3v) is 1.97. The molecule has 0 aliphatic carbocycles. The Morgan fingerprint density at radius 2 is 2.33 bits per heavy atom. The third-order valence-electron chi connectivity index (χ3n) is 1.97. The maximum atomic E-state index is 5.68. The van der Waals surface area contributed by atoms with Gasteiger partial charge in [-0.25, -0.2) is 4.98 Å². The Kier molecular flexibility index (Phi) is 5.55. The van der Waals surface area contributed by atoms with Gasteiger partial charge in [0.05, 0.1) is 5.69 Å². The number of nitrogen functional groups attached to an aromatic ring is 1. The second-order valence-corrected chi connectivity index (χ2v) is 3.33. The number of hydrogen-bond acceptors (Lipinski definition) is 4. The van der Waals surface area contributed by atoms with E-state index < -0.39 is 0 Å². The van der Waals surface area contributed by atoms with Crippen LogP contribution < -0.4 is 11.1 Å². The van der Waals surface area contributed by atoms with Crippen molar-refractivity contribution in [2.45, 2.75) is 19.8 Å². The number of hydrogen-bond donors (Lipinski definition) is 2. The second-order valence-electron chi connectivity index (χ2n) is 3.33. The van der Waals surface area contributed by atoms with Gasteiger partial charge in [-0.1, -0.05) is 6.92 Å². The molecule has 0 saturated carbocycles. The first kappa shape index (κ1) is 11.8. The first-order valence-electron chi connectivity index (χ1n) is 5.36. The number of nitrogens with two attached hydrogens (primary N) is 1. The molecule has 3 N–H and O–H groups in total. The molecule has 1 rings (SSSR count). The van der Waals surface area contributed by atoms with Crippen LogP contribution in [-0.4, -0.2) is 24.7 Å². The van der Waals surface area contributed by atoms with Gasteiger partial charge in [0.2, 0.25) is 0 Å². The molecule has 0 radical (unpaired) electrons. The summed E-state index contributed by atoms with van der Waals surface area (Å²) in [4.78, 5) is 3.99. The van der Waals surface area contributed by atoms with Crippen molar-refractivity contribution in [2.24, 2.45) is 0 Å². The van der Waals surface area contributed by atoms with Crippen molar-refractivity contribution in [2.75, 3.05) is 30.8 Å². The smallest absolute Gasteiger partial charge is 0.146 e. The molecule has 1 aromatic rings. The Morgan fingerprint density at radius 1 is 1.47 bits per heavy atom. The second kappa shape index (κ2) is 7.06. The molecule has 0 fully saturated rings. The minimum atomic E-state index is 0.548. The van der Waals surface area contributed by atoms with Crippen molar-refractivity contribution in [3.63, 3.8) is 0 Å². The molecule has 0 saturated heterocycles. The fraction of sp³-hybridized carbons (Fsp3) is 0.545. The summed E-state index contributed by atoms with van der Waals surface area (Å²) in [5.74, 6) is 0.548. The number of nitrogens with one attached hydrogen (secondary N) is 1. The highest BCUT2D eigenvalue weighted by Gasteiger charge is 1.96. The zero-order chi connectivity index (χ0) is 10.9. The number of pyridine rings is 1. The molecule has 4 heteroatoms. The van der Waals surface area contributed by atoms with Crippen LogP contribution in [0.5, 0.6) is 0 Å². The fourth-order valence-electron chi connectivity index (χ4n) is 1.21. The van der Waals surface area contributed by atoms with Gasteiger partial charge in [-0.05, 0) is 25.0 Å². The Hall–Kier alpha value is -1.29. The highest BCUT2D eigenvalue weighted by molar-refractivity contribution is 5.60. The Morgan fingerprint density at radius 3 is 3.07 bits per heavy atom. The average Bonchev–Trinajstić information content (AvgIpc) is 2.25. The van der Waals surface area contributed by atoms with Crippen LogP contribution in [0.15, 0.2) is 18.3 Å². The molecular formula is C11H19N3O. The molecule has 0 unspecified atom stereocenters. The largest absolute Gasteiger partial charge is 0.382 e. The molecule has 15 heavy (non-hydrogen) atoms. The summed E-state index contributed by atoms with van der Waals surface area (Å²) in [6.45, 7) is 4.60. The lowest BCUT2D eigenvalue weighted by molar-refractivity contribution is 0.134. The van der Waals surface area contributed by atoms with Crippen LogP contribution in [0.4, 0.5) is 11.5 Å². The summed E-state index contributed by atoms with van der Waals surface area (Å²) in [5.41, 5.74) is 6.57. The van der Waals surface area contributed by atoms with Crippen LogP contribution in [0, 0.1) is 0 Å². The Bertz CT molecular complexity index is 278. The minimum absolute atomic E-state index is 0.548. The van der Waals surface area contributed by atoms with Gasteiger partial charge < -0.3 is 15.8 Å². The lowest BCUT2D eigenvalue weighted by Gasteiger charge is -2.07. The molecule has 84 valence electrons. The Balaban J connectivity index is 2.12. The number of anilines is 2. The van der Waals surface area contributed by atoms with Gasteiger partial charge in [-0.15, -0.1) is 0 Å². The first-order valence-corrected chi connectivity index (χ1v) is 5.36. The molecule has 0 aliphatic heterocycles. The molecule has 0 atom stereocenters. The summed E-state index contributed by atoms with van der Waals surface area (Å²) in [5, 5.41) is 3.22. The van der Waals surface area contributed by atoms with E-state index in [-0.39, 0.29) is 0 Å². The van der Waals surface area contributed by atoms with E-state index in [0.29, 0.717) is 5.82 Å². The van der Waals surface area contributed by atoms with Gasteiger partial charge >= 0.3 is 0 Å². The van der Waals surface area contributed by atoms with E-state index in [4.69, 9.17) is 10.5 Å². The van der Waals surface area contributed by atoms with Crippen molar-refractivity contribution in [1.82, 2.24) is 4.98 Å². The zero-order valence-electron chi connectivity index (χ0n) is 9.20. The van der Waals surface area contributed by atoms with Gasteiger partial charge in [0.25, 0.3) is 0 Å². The predicted octanol–water partition coefficient (Wildman–Crippen LogP) is 1.89. The van der Waals surface area contributed by atoms with Crippen LogP contribution in [0.1, 0.15) is 19.8 Å². The van der Waals surface area contributed by atoms with E-state index in [1.54, 1.807) is 6.20 Å². The normalized spacial score (nSPS) is 10.2. The van der Waals surface area contributed by atoms with Gasteiger partial charge in [0, 0.05) is 26.0 Å². The van der Waals surface area contributed by atoms with Crippen LogP contribution in [0.25, 0.3) is 0 Å². The monoisotopic (exact) mass is 209 g/mol. The van der Waals surface area contributed by atoms with E-state index in [1.165, 1.54) is 0 Å². The number of rotatable bonds is 7. The quantitative estimate of drug-likeness (QED) is 0.673. The summed E-state index contributed by atoms with van der Waals surface area (Å²) < 4.78 is 5.36. The molecular weight excluding hydrogens is 190 g/mol. The van der Waals surface area contributed by atoms with Crippen molar-refractivity contribution in [3.05, 3.63) is 18.3 Å². The van der Waals surface area contributed by atoms with Crippen LogP contribution >= 0.6 is 0 Å². The highest BCUT2D eigenvalue weighted by Crippen LogP contribution is 2.12. The third kappa shape index (κ3) is 4.65. The Labute approximate surface area is 90.8 Å². The summed E-state index contributed by atoms with van der Waals surface area (Å²) in [6.07, 6.45) is 3.74. The fourth-order valence-corrected chi connectivity index (χ4v) is 1.21. The van der Waals surface area contributed by atoms with E-state index >= 15 is 0 Å². The summed E-state index contributed by atoms with van der Waals surface area (Å²) >= 11 is 0. The van der Waals surface area contributed by atoms with E-state index in [0.717, 1.165) is 38.3 Å². The van der Waals surface area contributed by atoms with Crippen molar-refractivity contribution in [1.29, 1.82) is 0 Å². The molecule has 1 aromatic heterocycles. The summed E-state index contributed by atoms with van der Waals surface area (Å²) in [6, 6.07) is 3.79. The van der Waals surface area contributed by atoms with Crippen molar-refractivity contribution < 1.29 is 4.74 Å². The number of nitrogens with zero attached hydrogens (tertiary/aromatic N) is 1. The van der Waals surface area contributed by atoms with E-state index in [9.17, 15) is 0 Å². The maximum Gasteiger partial charge on any atom is 0.146 e. The predicted molar refractivity (Wildman–Crippen MR) is 62.9 cm³/mol. The zero-order valence-corrected chi connectivity index (χ0v) is 9.20. The minimum Gasteiger partial charge on any atom is -0.382 e. The van der Waals surface area contributed by atoms with Gasteiger partial charge in [-0.3, -0.25) is 0 Å². The van der Waals surface area contributed by atoms with Crippen molar-refractivity contribution >= 4 is 11.5 Å². The first-order chi connectivity index (χ1) is 7.34. The molecule has 0 aliphatic rings. The molecule has 1 heterocycles.